The summed E-state index contributed by atoms with van der Waals surface area (Å²) in [5, 5.41) is 13.6. The molecule has 0 bridgehead atoms. The van der Waals surface area contributed by atoms with Gasteiger partial charge in [0.25, 0.3) is 0 Å². The molecule has 0 saturated carbocycles. The van der Waals surface area contributed by atoms with Gasteiger partial charge in [0.15, 0.2) is 0 Å². The van der Waals surface area contributed by atoms with E-state index in [1.54, 1.807) is 0 Å². The lowest BCUT2D eigenvalue weighted by Gasteiger charge is -2.36. The van der Waals surface area contributed by atoms with E-state index >= 15 is 0 Å². The molecule has 0 aliphatic carbocycles. The molecule has 2 aliphatic rings. The van der Waals surface area contributed by atoms with Gasteiger partial charge in [-0.3, -0.25) is 4.90 Å². The van der Waals surface area contributed by atoms with Gasteiger partial charge < -0.3 is 20.1 Å². The van der Waals surface area contributed by atoms with Crippen LogP contribution in [0.2, 0.25) is 0 Å². The molecule has 2 aliphatic heterocycles. The Kier molecular flexibility index (Phi) is 6.03. The number of aliphatic hydroxyl groups excluding tert-OH is 1. The molecule has 3 atom stereocenters. The topological polar surface area (TPSA) is 48.0 Å². The molecule has 21 heavy (non-hydrogen) atoms. The number of likely N-dealkylation sites (tertiary alicyclic amines) is 1. The van der Waals surface area contributed by atoms with Crippen molar-refractivity contribution in [2.45, 2.75) is 44.9 Å². The van der Waals surface area contributed by atoms with Crippen molar-refractivity contribution in [1.29, 1.82) is 0 Å². The Morgan fingerprint density at radius 2 is 2.19 bits per heavy atom. The van der Waals surface area contributed by atoms with E-state index in [1.165, 1.54) is 0 Å². The normalized spacial score (nSPS) is 34.4. The first kappa shape index (κ1) is 17.2. The molecule has 0 aromatic heterocycles. The largest absolute Gasteiger partial charge is 0.392 e. The average Bonchev–Trinajstić information content (AvgIpc) is 2.95. The molecule has 2 heterocycles. The van der Waals surface area contributed by atoms with Gasteiger partial charge in [-0.2, -0.15) is 0 Å². The number of hydrogen-bond donors (Lipinski definition) is 2. The lowest BCUT2D eigenvalue weighted by Crippen LogP contribution is -2.49. The third-order valence-electron chi connectivity index (χ3n) is 4.69. The summed E-state index contributed by atoms with van der Waals surface area (Å²) in [7, 11) is 4.22. The predicted molar refractivity (Wildman–Crippen MR) is 85.5 cm³/mol. The van der Waals surface area contributed by atoms with E-state index in [9.17, 15) is 5.11 Å². The second kappa shape index (κ2) is 7.38. The maximum absolute atomic E-state index is 10.1. The van der Waals surface area contributed by atoms with E-state index in [2.05, 4.69) is 43.1 Å². The summed E-state index contributed by atoms with van der Waals surface area (Å²) < 4.78 is 5.71. The summed E-state index contributed by atoms with van der Waals surface area (Å²) in [6.45, 7) is 9.96. The van der Waals surface area contributed by atoms with Crippen molar-refractivity contribution in [2.75, 3.05) is 53.5 Å². The highest BCUT2D eigenvalue weighted by atomic mass is 16.5. The van der Waals surface area contributed by atoms with Crippen LogP contribution in [-0.2, 0) is 4.74 Å². The van der Waals surface area contributed by atoms with Gasteiger partial charge in [-0.25, -0.2) is 0 Å². The minimum atomic E-state index is -0.174. The first-order chi connectivity index (χ1) is 9.90. The first-order valence-corrected chi connectivity index (χ1v) is 8.28. The maximum atomic E-state index is 10.1. The summed E-state index contributed by atoms with van der Waals surface area (Å²) in [4.78, 5) is 4.71. The molecule has 124 valence electrons. The first-order valence-electron chi connectivity index (χ1n) is 8.28. The van der Waals surface area contributed by atoms with Crippen LogP contribution >= 0.6 is 0 Å². The van der Waals surface area contributed by atoms with Crippen molar-refractivity contribution in [3.05, 3.63) is 0 Å². The van der Waals surface area contributed by atoms with Crippen LogP contribution in [0.5, 0.6) is 0 Å². The Labute approximate surface area is 129 Å². The smallest absolute Gasteiger partial charge is 0.0682 e. The number of aliphatic hydroxyl groups is 1. The second-order valence-corrected chi connectivity index (χ2v) is 7.57. The van der Waals surface area contributed by atoms with E-state index in [-0.39, 0.29) is 11.5 Å². The molecule has 0 aromatic carbocycles. The highest BCUT2D eigenvalue weighted by Crippen LogP contribution is 2.32. The van der Waals surface area contributed by atoms with Crippen LogP contribution in [0.15, 0.2) is 0 Å². The minimum absolute atomic E-state index is 0.174. The number of nitrogens with one attached hydrogen (secondary N) is 1. The van der Waals surface area contributed by atoms with Gasteiger partial charge in [-0.1, -0.05) is 13.8 Å². The molecule has 0 radical (unpaired) electrons. The highest BCUT2D eigenvalue weighted by Gasteiger charge is 2.41. The van der Waals surface area contributed by atoms with Gasteiger partial charge in [0.05, 0.1) is 12.7 Å². The zero-order valence-corrected chi connectivity index (χ0v) is 14.1. The van der Waals surface area contributed by atoms with Gasteiger partial charge in [0.2, 0.25) is 0 Å². The second-order valence-electron chi connectivity index (χ2n) is 7.57. The Bertz CT molecular complexity index is 317. The van der Waals surface area contributed by atoms with Crippen molar-refractivity contribution < 1.29 is 9.84 Å². The molecular formula is C16H33N3O2. The predicted octanol–water partition coefficient (Wildman–Crippen LogP) is 0.388. The SMILES string of the molecule is CC(C)NCC1(CN2CC(O)CC2CN(C)C)CCOC1. The van der Waals surface area contributed by atoms with E-state index in [4.69, 9.17) is 4.74 Å². The zero-order valence-electron chi connectivity index (χ0n) is 14.1. The number of ether oxygens (including phenoxy) is 1. The van der Waals surface area contributed by atoms with Gasteiger partial charge in [-0.15, -0.1) is 0 Å². The van der Waals surface area contributed by atoms with Crippen molar-refractivity contribution in [3.8, 4) is 0 Å². The molecule has 2 rings (SSSR count). The fourth-order valence-corrected chi connectivity index (χ4v) is 3.58. The number of likely N-dealkylation sites (N-methyl/N-ethyl adjacent to an activating group) is 1. The number of rotatable bonds is 7. The molecule has 0 aromatic rings. The van der Waals surface area contributed by atoms with Gasteiger partial charge >= 0.3 is 0 Å². The van der Waals surface area contributed by atoms with Crippen LogP contribution in [-0.4, -0.2) is 86.6 Å². The van der Waals surface area contributed by atoms with E-state index < -0.39 is 0 Å². The summed E-state index contributed by atoms with van der Waals surface area (Å²) >= 11 is 0. The third-order valence-corrected chi connectivity index (χ3v) is 4.69. The molecule has 2 fully saturated rings. The summed E-state index contributed by atoms with van der Waals surface area (Å²) in [5.74, 6) is 0. The Hall–Kier alpha value is -0.200. The quantitative estimate of drug-likeness (QED) is 0.712. The Morgan fingerprint density at radius 1 is 1.43 bits per heavy atom. The van der Waals surface area contributed by atoms with Gasteiger partial charge in [-0.05, 0) is 26.9 Å². The van der Waals surface area contributed by atoms with E-state index in [1.807, 2.05) is 0 Å². The standard InChI is InChI=1S/C16H33N3O2/c1-13(2)17-10-16(5-6-21-12-16)11-19-9-15(20)7-14(19)8-18(3)4/h13-15,17,20H,5-12H2,1-4H3. The average molecular weight is 299 g/mol. The summed E-state index contributed by atoms with van der Waals surface area (Å²) in [5.41, 5.74) is 0.207. The Morgan fingerprint density at radius 3 is 2.76 bits per heavy atom. The zero-order chi connectivity index (χ0) is 15.5. The molecule has 3 unspecified atom stereocenters. The maximum Gasteiger partial charge on any atom is 0.0682 e. The fourth-order valence-electron chi connectivity index (χ4n) is 3.58. The van der Waals surface area contributed by atoms with Crippen molar-refractivity contribution in [2.24, 2.45) is 5.41 Å². The molecular weight excluding hydrogens is 266 g/mol. The van der Waals surface area contributed by atoms with E-state index in [0.29, 0.717) is 12.1 Å². The van der Waals surface area contributed by atoms with Crippen LogP contribution in [0.1, 0.15) is 26.7 Å². The monoisotopic (exact) mass is 299 g/mol. The molecule has 0 spiro atoms. The van der Waals surface area contributed by atoms with Gasteiger partial charge in [0.1, 0.15) is 0 Å². The molecule has 2 N–H and O–H groups in total. The van der Waals surface area contributed by atoms with Crippen molar-refractivity contribution >= 4 is 0 Å². The van der Waals surface area contributed by atoms with Crippen LogP contribution in [0.25, 0.3) is 0 Å². The molecule has 5 heteroatoms. The van der Waals surface area contributed by atoms with Crippen LogP contribution < -0.4 is 5.32 Å². The fraction of sp³-hybridized carbons (Fsp3) is 1.00. The number of β-amino-alcohol motifs (C(OH)–C–C–N with tert-alkyl or cyclic N) is 1. The summed E-state index contributed by atoms with van der Waals surface area (Å²) in [6.07, 6.45) is 1.84. The van der Waals surface area contributed by atoms with E-state index in [0.717, 1.165) is 52.2 Å². The summed E-state index contributed by atoms with van der Waals surface area (Å²) in [6, 6.07) is 0.968. The molecule has 0 amide bonds. The molecule has 5 nitrogen and oxygen atoms in total. The lowest BCUT2D eigenvalue weighted by molar-refractivity contribution is 0.0887. The van der Waals surface area contributed by atoms with Gasteiger partial charge in [0, 0.05) is 50.3 Å². The van der Waals surface area contributed by atoms with Crippen LogP contribution in [0.3, 0.4) is 0 Å². The highest BCUT2D eigenvalue weighted by molar-refractivity contribution is 4.94. The van der Waals surface area contributed by atoms with Crippen molar-refractivity contribution in [1.82, 2.24) is 15.1 Å². The van der Waals surface area contributed by atoms with Crippen LogP contribution in [0.4, 0.5) is 0 Å². The number of nitrogens with zero attached hydrogens (tertiary/aromatic N) is 2. The minimum Gasteiger partial charge on any atom is -0.392 e. The lowest BCUT2D eigenvalue weighted by atomic mass is 9.86. The third kappa shape index (κ3) is 4.89. The van der Waals surface area contributed by atoms with Crippen LogP contribution in [0, 0.1) is 5.41 Å². The Balaban J connectivity index is 1.98. The number of hydrogen-bond acceptors (Lipinski definition) is 5. The van der Waals surface area contributed by atoms with Crippen molar-refractivity contribution in [3.63, 3.8) is 0 Å². The molecule has 2 saturated heterocycles.